The maximum atomic E-state index is 13.2. The monoisotopic (exact) mass is 435 g/mol. The lowest BCUT2D eigenvalue weighted by atomic mass is 9.94. The summed E-state index contributed by atoms with van der Waals surface area (Å²) in [5, 5.41) is 11.3. The number of aliphatic hydroxyl groups is 1. The van der Waals surface area contributed by atoms with Crippen LogP contribution in [0.3, 0.4) is 0 Å². The second-order valence-electron chi connectivity index (χ2n) is 8.33. The summed E-state index contributed by atoms with van der Waals surface area (Å²) >= 11 is 0. The summed E-state index contributed by atoms with van der Waals surface area (Å²) in [7, 11) is 1.58. The number of carbonyl (C=O) groups excluding carboxylic acids is 2. The van der Waals surface area contributed by atoms with E-state index in [1.807, 2.05) is 38.1 Å². The third-order valence-corrected chi connectivity index (χ3v) is 6.36. The van der Waals surface area contributed by atoms with Crippen LogP contribution in [0.25, 0.3) is 5.76 Å². The Balaban J connectivity index is 1.86. The molecule has 0 spiro atoms. The van der Waals surface area contributed by atoms with Crippen LogP contribution < -0.4 is 9.47 Å². The fraction of sp³-hybridized carbons (Fsp3) is 0.385. The molecule has 1 saturated carbocycles. The molecule has 2 aliphatic rings. The largest absolute Gasteiger partial charge is 0.507 e. The number of Topliss-reactive ketones (excluding diaryl/α,β-unsaturated/α-hetero) is 1. The third-order valence-electron chi connectivity index (χ3n) is 6.36. The summed E-state index contributed by atoms with van der Waals surface area (Å²) in [6, 6.07) is 12.0. The average Bonchev–Trinajstić information content (AvgIpc) is 3.41. The summed E-state index contributed by atoms with van der Waals surface area (Å²) in [5.41, 5.74) is 2.21. The summed E-state index contributed by atoms with van der Waals surface area (Å²) in [5.74, 6) is 0.00160. The number of benzene rings is 2. The average molecular weight is 436 g/mol. The minimum absolute atomic E-state index is 0.0185. The number of hydrogen-bond donors (Lipinski definition) is 1. The van der Waals surface area contributed by atoms with E-state index in [1.54, 1.807) is 30.2 Å². The highest BCUT2D eigenvalue weighted by Crippen LogP contribution is 2.44. The molecule has 4 rings (SSSR count). The molecule has 1 unspecified atom stereocenters. The molecule has 6 heteroatoms. The van der Waals surface area contributed by atoms with E-state index in [9.17, 15) is 14.7 Å². The highest BCUT2D eigenvalue weighted by molar-refractivity contribution is 6.46. The molecule has 0 bridgehead atoms. The van der Waals surface area contributed by atoms with E-state index in [0.29, 0.717) is 17.9 Å². The van der Waals surface area contributed by atoms with Gasteiger partial charge in [-0.1, -0.05) is 25.0 Å². The minimum Gasteiger partial charge on any atom is -0.507 e. The lowest BCUT2D eigenvalue weighted by Gasteiger charge is -2.31. The van der Waals surface area contributed by atoms with Crippen LogP contribution >= 0.6 is 0 Å². The van der Waals surface area contributed by atoms with Gasteiger partial charge in [0.25, 0.3) is 11.7 Å². The summed E-state index contributed by atoms with van der Waals surface area (Å²) in [4.78, 5) is 28.1. The summed E-state index contributed by atoms with van der Waals surface area (Å²) < 4.78 is 11.0. The van der Waals surface area contributed by atoms with E-state index in [4.69, 9.17) is 9.47 Å². The van der Waals surface area contributed by atoms with Crippen LogP contribution in [-0.2, 0) is 9.59 Å². The Bertz CT molecular complexity index is 1070. The molecule has 1 saturated heterocycles. The van der Waals surface area contributed by atoms with Gasteiger partial charge in [-0.05, 0) is 68.1 Å². The number of aryl methyl sites for hydroxylation is 1. The van der Waals surface area contributed by atoms with Crippen LogP contribution in [-0.4, -0.2) is 41.5 Å². The van der Waals surface area contributed by atoms with Crippen LogP contribution in [0.2, 0.25) is 0 Å². The first-order valence-corrected chi connectivity index (χ1v) is 11.1. The van der Waals surface area contributed by atoms with Gasteiger partial charge in [0.1, 0.15) is 17.3 Å². The molecule has 0 radical (unpaired) electrons. The predicted octanol–water partition coefficient (Wildman–Crippen LogP) is 4.77. The van der Waals surface area contributed by atoms with E-state index in [2.05, 4.69) is 0 Å². The van der Waals surface area contributed by atoms with Gasteiger partial charge in [-0.15, -0.1) is 0 Å². The molecular formula is C26H29NO5. The number of carbonyl (C=O) groups is 2. The van der Waals surface area contributed by atoms with E-state index >= 15 is 0 Å². The van der Waals surface area contributed by atoms with Crippen molar-refractivity contribution in [2.75, 3.05) is 13.7 Å². The molecule has 168 valence electrons. The van der Waals surface area contributed by atoms with Crippen LogP contribution in [0, 0.1) is 6.92 Å². The molecule has 2 aromatic carbocycles. The Morgan fingerprint density at radius 2 is 1.88 bits per heavy atom. The Kier molecular flexibility index (Phi) is 6.21. The lowest BCUT2D eigenvalue weighted by molar-refractivity contribution is -0.141. The zero-order valence-electron chi connectivity index (χ0n) is 18.8. The quantitative estimate of drug-likeness (QED) is 0.402. The predicted molar refractivity (Wildman–Crippen MR) is 122 cm³/mol. The van der Waals surface area contributed by atoms with Gasteiger partial charge < -0.3 is 19.5 Å². The van der Waals surface area contributed by atoms with Gasteiger partial charge in [0.05, 0.1) is 25.3 Å². The normalized spacial score (nSPS) is 20.7. The highest BCUT2D eigenvalue weighted by Gasteiger charge is 2.49. The molecule has 6 nitrogen and oxygen atoms in total. The van der Waals surface area contributed by atoms with E-state index in [-0.39, 0.29) is 17.4 Å². The minimum atomic E-state index is -0.653. The number of amides is 1. The molecule has 1 atom stereocenters. The third kappa shape index (κ3) is 3.85. The smallest absolute Gasteiger partial charge is 0.295 e. The fourth-order valence-electron chi connectivity index (χ4n) is 4.82. The zero-order chi connectivity index (χ0) is 22.8. The second-order valence-corrected chi connectivity index (χ2v) is 8.33. The number of ketones is 1. The van der Waals surface area contributed by atoms with Gasteiger partial charge in [0.15, 0.2) is 0 Å². The van der Waals surface area contributed by atoms with Gasteiger partial charge in [-0.25, -0.2) is 0 Å². The maximum absolute atomic E-state index is 13.2. The number of rotatable bonds is 6. The molecule has 2 fully saturated rings. The molecule has 1 heterocycles. The number of hydrogen-bond acceptors (Lipinski definition) is 5. The summed E-state index contributed by atoms with van der Waals surface area (Å²) in [6.45, 7) is 4.33. The molecule has 1 amide bonds. The summed E-state index contributed by atoms with van der Waals surface area (Å²) in [6.07, 6.45) is 3.76. The Morgan fingerprint density at radius 1 is 1.12 bits per heavy atom. The first-order valence-electron chi connectivity index (χ1n) is 11.1. The fourth-order valence-corrected chi connectivity index (χ4v) is 4.82. The van der Waals surface area contributed by atoms with Gasteiger partial charge >= 0.3 is 0 Å². The molecule has 1 aliphatic heterocycles. The number of methoxy groups -OCH3 is 1. The van der Waals surface area contributed by atoms with Crippen molar-refractivity contribution < 1.29 is 24.2 Å². The molecule has 2 aromatic rings. The Labute approximate surface area is 188 Å². The maximum Gasteiger partial charge on any atom is 0.295 e. The van der Waals surface area contributed by atoms with Crippen LogP contribution in [0.4, 0.5) is 0 Å². The SMILES string of the molecule is CCOc1ccc(/C(O)=C2/C(=O)C(=O)N(C3CCCC3)C2c2cccc(OC)c2)cc1C. The Morgan fingerprint density at radius 3 is 2.53 bits per heavy atom. The van der Waals surface area contributed by atoms with E-state index < -0.39 is 17.7 Å². The molecule has 32 heavy (non-hydrogen) atoms. The van der Waals surface area contributed by atoms with Crippen LogP contribution in [0.1, 0.15) is 55.3 Å². The molecular weight excluding hydrogens is 406 g/mol. The standard InChI is InChI=1S/C26H29NO5/c1-4-32-21-13-12-18(14-16(21)2)24(28)22-23(17-8-7-11-20(15-17)31-3)27(26(30)25(22)29)19-9-5-6-10-19/h7-8,11-15,19,23,28H,4-6,9-10H2,1-3H3/b24-22-. The van der Waals surface area contributed by atoms with Crippen molar-refractivity contribution in [3.05, 3.63) is 64.7 Å². The number of aliphatic hydroxyl groups excluding tert-OH is 1. The van der Waals surface area contributed by atoms with Crippen molar-refractivity contribution >= 4 is 17.4 Å². The molecule has 1 N–H and O–H groups in total. The van der Waals surface area contributed by atoms with Gasteiger partial charge in [-0.2, -0.15) is 0 Å². The topological polar surface area (TPSA) is 76.1 Å². The first-order chi connectivity index (χ1) is 15.5. The van der Waals surface area contributed by atoms with Crippen molar-refractivity contribution in [1.29, 1.82) is 0 Å². The first kappa shape index (κ1) is 21.9. The van der Waals surface area contributed by atoms with Crippen molar-refractivity contribution in [2.24, 2.45) is 0 Å². The van der Waals surface area contributed by atoms with Gasteiger partial charge in [0, 0.05) is 11.6 Å². The Hall–Kier alpha value is -3.28. The van der Waals surface area contributed by atoms with Crippen molar-refractivity contribution in [3.8, 4) is 11.5 Å². The second kappa shape index (κ2) is 9.07. The number of ether oxygens (including phenoxy) is 2. The van der Waals surface area contributed by atoms with Gasteiger partial charge in [-0.3, -0.25) is 9.59 Å². The van der Waals surface area contributed by atoms with Crippen molar-refractivity contribution in [3.63, 3.8) is 0 Å². The molecule has 1 aliphatic carbocycles. The van der Waals surface area contributed by atoms with Crippen LogP contribution in [0.15, 0.2) is 48.0 Å². The van der Waals surface area contributed by atoms with Crippen molar-refractivity contribution in [1.82, 2.24) is 4.90 Å². The highest BCUT2D eigenvalue weighted by atomic mass is 16.5. The zero-order valence-corrected chi connectivity index (χ0v) is 18.8. The van der Waals surface area contributed by atoms with Crippen LogP contribution in [0.5, 0.6) is 11.5 Å². The number of nitrogens with zero attached hydrogens (tertiary/aromatic N) is 1. The van der Waals surface area contributed by atoms with E-state index in [1.165, 1.54) is 0 Å². The molecule has 0 aromatic heterocycles. The van der Waals surface area contributed by atoms with Gasteiger partial charge in [0.2, 0.25) is 0 Å². The van der Waals surface area contributed by atoms with Crippen molar-refractivity contribution in [2.45, 2.75) is 51.6 Å². The number of likely N-dealkylation sites (tertiary alicyclic amines) is 1. The van der Waals surface area contributed by atoms with E-state index in [0.717, 1.165) is 42.6 Å². The lowest BCUT2D eigenvalue weighted by Crippen LogP contribution is -2.37.